The molecule has 1 aromatic rings. The lowest BCUT2D eigenvalue weighted by molar-refractivity contribution is -0.141. The lowest BCUT2D eigenvalue weighted by Crippen LogP contribution is -2.57. The standard InChI is InChI=1S/C34H48N4O4/c1-4-26-12-8-9-19-37(26)20-21-38-30(32(40)36-24-10-6-5-7-11-24)34-18-17-27(42-34)28(29(34)33(38)41)31(39)35-25-15-13-23(14-16-25)22(2)3/h13-18,22,24,26-30H,4-12,19-21H2,1-3H3,(H,35,39)(H,36,40). The molecule has 5 aliphatic rings. The zero-order valence-electron chi connectivity index (χ0n) is 25.5. The molecule has 3 saturated heterocycles. The summed E-state index contributed by atoms with van der Waals surface area (Å²) in [5.74, 6) is -1.49. The Morgan fingerprint density at radius 3 is 2.45 bits per heavy atom. The molecule has 2 bridgehead atoms. The van der Waals surface area contributed by atoms with Gasteiger partial charge in [-0.05, 0) is 62.3 Å². The number of piperidine rings is 1. The van der Waals surface area contributed by atoms with Crippen molar-refractivity contribution < 1.29 is 19.1 Å². The number of nitrogens with one attached hydrogen (secondary N) is 2. The van der Waals surface area contributed by atoms with Crippen molar-refractivity contribution >= 4 is 23.4 Å². The van der Waals surface area contributed by atoms with Crippen LogP contribution in [0.15, 0.2) is 36.4 Å². The predicted molar refractivity (Wildman–Crippen MR) is 163 cm³/mol. The van der Waals surface area contributed by atoms with E-state index in [0.29, 0.717) is 24.2 Å². The van der Waals surface area contributed by atoms with Crippen LogP contribution in [0, 0.1) is 11.8 Å². The summed E-state index contributed by atoms with van der Waals surface area (Å²) in [4.78, 5) is 46.4. The van der Waals surface area contributed by atoms with Crippen molar-refractivity contribution in [3.63, 3.8) is 0 Å². The predicted octanol–water partition coefficient (Wildman–Crippen LogP) is 4.61. The minimum absolute atomic E-state index is 0.126. The van der Waals surface area contributed by atoms with Gasteiger partial charge in [-0.1, -0.05) is 70.7 Å². The third-order valence-electron chi connectivity index (χ3n) is 10.6. The molecule has 4 heterocycles. The molecule has 3 amide bonds. The Hall–Kier alpha value is -2.71. The Bertz CT molecular complexity index is 1190. The maximum atomic E-state index is 14.3. The van der Waals surface area contributed by atoms with Gasteiger partial charge in [0.2, 0.25) is 17.7 Å². The first-order chi connectivity index (χ1) is 20.3. The number of likely N-dealkylation sites (tertiary alicyclic amines) is 2. The van der Waals surface area contributed by atoms with Crippen molar-refractivity contribution in [2.24, 2.45) is 11.8 Å². The number of carbonyl (C=O) groups excluding carboxylic acids is 3. The van der Waals surface area contributed by atoms with Crippen LogP contribution >= 0.6 is 0 Å². The summed E-state index contributed by atoms with van der Waals surface area (Å²) < 4.78 is 6.55. The second-order valence-electron chi connectivity index (χ2n) is 13.4. The van der Waals surface area contributed by atoms with Gasteiger partial charge in [0.25, 0.3) is 0 Å². The van der Waals surface area contributed by atoms with Gasteiger partial charge in [-0.15, -0.1) is 0 Å². The Kier molecular flexibility index (Phi) is 8.47. The van der Waals surface area contributed by atoms with Crippen LogP contribution in [0.5, 0.6) is 0 Å². The summed E-state index contributed by atoms with van der Waals surface area (Å²) in [6.07, 6.45) is 13.3. The van der Waals surface area contributed by atoms with Crippen molar-refractivity contribution in [2.75, 3.05) is 25.0 Å². The second-order valence-corrected chi connectivity index (χ2v) is 13.4. The largest absolute Gasteiger partial charge is 0.359 e. The van der Waals surface area contributed by atoms with Gasteiger partial charge in [-0.25, -0.2) is 0 Å². The lowest BCUT2D eigenvalue weighted by Gasteiger charge is -2.38. The summed E-state index contributed by atoms with van der Waals surface area (Å²) in [6, 6.07) is 7.75. The number of ether oxygens (including phenoxy) is 1. The normalized spacial score (nSPS) is 32.9. The summed E-state index contributed by atoms with van der Waals surface area (Å²) in [7, 11) is 0. The van der Waals surface area contributed by atoms with Crippen molar-refractivity contribution in [1.82, 2.24) is 15.1 Å². The van der Waals surface area contributed by atoms with E-state index in [9.17, 15) is 14.4 Å². The average molecular weight is 577 g/mol. The molecule has 1 saturated carbocycles. The highest BCUT2D eigenvalue weighted by Gasteiger charge is 2.72. The number of nitrogens with zero attached hydrogens (tertiary/aromatic N) is 2. The van der Waals surface area contributed by atoms with Crippen LogP contribution in [0.25, 0.3) is 0 Å². The maximum Gasteiger partial charge on any atom is 0.246 e. The fraction of sp³-hybridized carbons (Fsp3) is 0.676. The van der Waals surface area contributed by atoms with E-state index in [4.69, 9.17) is 4.74 Å². The Morgan fingerprint density at radius 2 is 1.74 bits per heavy atom. The SMILES string of the molecule is CCC1CCCCN1CCN1C(=O)C2C(C(=O)Nc3ccc(C(C)C)cc3)C3C=CC2(O3)C1C(=O)NC1CCCCC1. The highest BCUT2D eigenvalue weighted by molar-refractivity contribution is 6.02. The Labute approximate surface area is 250 Å². The summed E-state index contributed by atoms with van der Waals surface area (Å²) >= 11 is 0. The van der Waals surface area contributed by atoms with Crippen LogP contribution in [0.1, 0.15) is 90.0 Å². The first-order valence-electron chi connectivity index (χ1n) is 16.4. The van der Waals surface area contributed by atoms with Crippen LogP contribution < -0.4 is 10.6 Å². The van der Waals surface area contributed by atoms with Crippen molar-refractivity contribution in [3.05, 3.63) is 42.0 Å². The smallest absolute Gasteiger partial charge is 0.246 e. The van der Waals surface area contributed by atoms with Gasteiger partial charge in [0, 0.05) is 30.9 Å². The number of fused-ring (bicyclic) bond motifs is 1. The third kappa shape index (κ3) is 5.30. The topological polar surface area (TPSA) is 91.0 Å². The van der Waals surface area contributed by atoms with Crippen LogP contribution in [0.2, 0.25) is 0 Å². The fourth-order valence-corrected chi connectivity index (χ4v) is 8.26. The first-order valence-corrected chi connectivity index (χ1v) is 16.4. The van der Waals surface area contributed by atoms with Gasteiger partial charge < -0.3 is 20.3 Å². The van der Waals surface area contributed by atoms with Gasteiger partial charge in [-0.3, -0.25) is 19.3 Å². The van der Waals surface area contributed by atoms with E-state index in [1.165, 1.54) is 24.8 Å². The number of hydrogen-bond acceptors (Lipinski definition) is 5. The van der Waals surface area contributed by atoms with Crippen LogP contribution in [-0.4, -0.2) is 77.0 Å². The molecule has 6 atom stereocenters. The molecule has 1 aliphatic carbocycles. The molecular weight excluding hydrogens is 528 g/mol. The summed E-state index contributed by atoms with van der Waals surface area (Å²) in [5, 5.41) is 6.35. The fourth-order valence-electron chi connectivity index (χ4n) is 8.26. The zero-order chi connectivity index (χ0) is 29.4. The molecule has 1 aromatic carbocycles. The molecule has 8 heteroatoms. The molecule has 4 fully saturated rings. The van der Waals surface area contributed by atoms with Gasteiger partial charge in [-0.2, -0.15) is 0 Å². The molecule has 6 rings (SSSR count). The Balaban J connectivity index is 1.25. The minimum atomic E-state index is -1.12. The summed E-state index contributed by atoms with van der Waals surface area (Å²) in [6.45, 7) is 8.71. The minimum Gasteiger partial charge on any atom is -0.359 e. The van der Waals surface area contributed by atoms with E-state index in [2.05, 4.69) is 36.3 Å². The molecule has 0 aromatic heterocycles. The number of benzene rings is 1. The number of anilines is 1. The molecule has 6 unspecified atom stereocenters. The highest BCUT2D eigenvalue weighted by atomic mass is 16.5. The van der Waals surface area contributed by atoms with Crippen molar-refractivity contribution in [1.29, 1.82) is 0 Å². The van der Waals surface area contributed by atoms with E-state index in [1.807, 2.05) is 36.4 Å². The maximum absolute atomic E-state index is 14.3. The van der Waals surface area contributed by atoms with E-state index < -0.39 is 29.6 Å². The zero-order valence-corrected chi connectivity index (χ0v) is 25.5. The lowest BCUT2D eigenvalue weighted by atomic mass is 9.74. The number of amides is 3. The molecule has 4 aliphatic heterocycles. The van der Waals surface area contributed by atoms with E-state index in [0.717, 1.165) is 51.6 Å². The first kappa shape index (κ1) is 29.4. The molecule has 228 valence electrons. The van der Waals surface area contributed by atoms with E-state index in [1.54, 1.807) is 4.90 Å². The molecule has 42 heavy (non-hydrogen) atoms. The van der Waals surface area contributed by atoms with Gasteiger partial charge in [0.05, 0.1) is 17.9 Å². The van der Waals surface area contributed by atoms with Crippen molar-refractivity contribution in [2.45, 2.75) is 114 Å². The number of hydrogen-bond donors (Lipinski definition) is 2. The average Bonchev–Trinajstić information content (AvgIpc) is 3.64. The summed E-state index contributed by atoms with van der Waals surface area (Å²) in [5.41, 5.74) is 0.788. The number of carbonyl (C=O) groups is 3. The molecule has 8 nitrogen and oxygen atoms in total. The molecule has 0 radical (unpaired) electrons. The monoisotopic (exact) mass is 576 g/mol. The van der Waals surface area contributed by atoms with E-state index >= 15 is 0 Å². The molecule has 1 spiro atoms. The van der Waals surface area contributed by atoms with Crippen LogP contribution in [-0.2, 0) is 19.1 Å². The molecule has 2 N–H and O–H groups in total. The second kappa shape index (κ2) is 12.1. The quantitative estimate of drug-likeness (QED) is 0.419. The van der Waals surface area contributed by atoms with E-state index in [-0.39, 0.29) is 23.8 Å². The van der Waals surface area contributed by atoms with Gasteiger partial charge in [0.15, 0.2) is 0 Å². The molecular formula is C34H48N4O4. The van der Waals surface area contributed by atoms with Gasteiger partial charge in [0.1, 0.15) is 11.6 Å². The third-order valence-corrected chi connectivity index (χ3v) is 10.6. The highest BCUT2D eigenvalue weighted by Crippen LogP contribution is 2.55. The van der Waals surface area contributed by atoms with Gasteiger partial charge >= 0.3 is 0 Å². The van der Waals surface area contributed by atoms with Crippen LogP contribution in [0.4, 0.5) is 5.69 Å². The Morgan fingerprint density at radius 1 is 1.00 bits per heavy atom. The van der Waals surface area contributed by atoms with Crippen LogP contribution in [0.3, 0.4) is 0 Å². The van der Waals surface area contributed by atoms with Crippen molar-refractivity contribution in [3.8, 4) is 0 Å². The number of rotatable bonds is 9.